The van der Waals surface area contributed by atoms with Gasteiger partial charge in [0, 0.05) is 12.1 Å². The number of fused-ring (bicyclic) bond motifs is 1. The van der Waals surface area contributed by atoms with Crippen molar-refractivity contribution in [3.8, 4) is 11.5 Å². The highest BCUT2D eigenvalue weighted by molar-refractivity contribution is 5.94. The first kappa shape index (κ1) is 16.1. The molecule has 0 atom stereocenters. The van der Waals surface area contributed by atoms with Gasteiger partial charge in [0.2, 0.25) is 5.91 Å². The third-order valence-electron chi connectivity index (χ3n) is 3.76. The lowest BCUT2D eigenvalue weighted by Gasteiger charge is -2.17. The van der Waals surface area contributed by atoms with E-state index in [0.29, 0.717) is 24.3 Å². The van der Waals surface area contributed by atoms with Crippen LogP contribution in [0.25, 0.3) is 0 Å². The number of benzene rings is 2. The predicted molar refractivity (Wildman–Crippen MR) is 90.4 cm³/mol. The van der Waals surface area contributed by atoms with Crippen LogP contribution in [0.15, 0.2) is 36.4 Å². The van der Waals surface area contributed by atoms with Gasteiger partial charge in [0.05, 0.1) is 0 Å². The number of ether oxygens (including phenoxy) is 2. The Kier molecular flexibility index (Phi) is 4.51. The standard InChI is InChI=1S/C19H19NO4/c1-12-7-13(2)9-16(8-12)23-11-19(22)24-15-4-5-17-14(10-15)3-6-18(21)20-17/h4-5,7-10H,3,6,11H2,1-2H3,(H,20,21). The fourth-order valence-electron chi connectivity index (χ4n) is 2.74. The summed E-state index contributed by atoms with van der Waals surface area (Å²) in [6.07, 6.45) is 1.09. The highest BCUT2D eigenvalue weighted by Crippen LogP contribution is 2.27. The van der Waals surface area contributed by atoms with Crippen LogP contribution >= 0.6 is 0 Å². The van der Waals surface area contributed by atoms with E-state index in [4.69, 9.17) is 9.47 Å². The Bertz CT molecular complexity index is 778. The molecule has 0 saturated heterocycles. The average Bonchev–Trinajstić information content (AvgIpc) is 2.52. The Hall–Kier alpha value is -2.82. The molecule has 1 amide bonds. The lowest BCUT2D eigenvalue weighted by molar-refractivity contribution is -0.136. The lowest BCUT2D eigenvalue weighted by Crippen LogP contribution is -2.20. The second-order valence-corrected chi connectivity index (χ2v) is 5.95. The second-order valence-electron chi connectivity index (χ2n) is 5.95. The highest BCUT2D eigenvalue weighted by Gasteiger charge is 2.16. The van der Waals surface area contributed by atoms with Crippen molar-refractivity contribution in [1.82, 2.24) is 0 Å². The van der Waals surface area contributed by atoms with E-state index in [0.717, 1.165) is 22.4 Å². The maximum atomic E-state index is 12.0. The second kappa shape index (κ2) is 6.74. The van der Waals surface area contributed by atoms with Crippen molar-refractivity contribution in [3.05, 3.63) is 53.1 Å². The van der Waals surface area contributed by atoms with Gasteiger partial charge in [-0.1, -0.05) is 6.07 Å². The van der Waals surface area contributed by atoms with Crippen LogP contribution in [0.4, 0.5) is 5.69 Å². The zero-order chi connectivity index (χ0) is 17.1. The molecular weight excluding hydrogens is 306 g/mol. The molecule has 2 aromatic carbocycles. The molecule has 0 aliphatic carbocycles. The van der Waals surface area contributed by atoms with Gasteiger partial charge >= 0.3 is 5.97 Å². The van der Waals surface area contributed by atoms with Crippen molar-refractivity contribution in [2.45, 2.75) is 26.7 Å². The molecule has 3 rings (SSSR count). The summed E-state index contributed by atoms with van der Waals surface area (Å²) in [5.41, 5.74) is 3.90. The number of amides is 1. The molecule has 2 aromatic rings. The topological polar surface area (TPSA) is 64.6 Å². The van der Waals surface area contributed by atoms with Crippen molar-refractivity contribution in [2.75, 3.05) is 11.9 Å². The number of hydrogen-bond acceptors (Lipinski definition) is 4. The number of rotatable bonds is 4. The van der Waals surface area contributed by atoms with Gasteiger partial charge in [-0.25, -0.2) is 4.79 Å². The molecule has 0 radical (unpaired) electrons. The SMILES string of the molecule is Cc1cc(C)cc(OCC(=O)Oc2ccc3c(c2)CCC(=O)N3)c1. The fourth-order valence-corrected chi connectivity index (χ4v) is 2.74. The number of nitrogens with one attached hydrogen (secondary N) is 1. The summed E-state index contributed by atoms with van der Waals surface area (Å²) >= 11 is 0. The van der Waals surface area contributed by atoms with E-state index in [9.17, 15) is 9.59 Å². The molecule has 1 heterocycles. The van der Waals surface area contributed by atoms with Gasteiger partial charge in [-0.2, -0.15) is 0 Å². The smallest absolute Gasteiger partial charge is 0.349 e. The third kappa shape index (κ3) is 3.93. The number of esters is 1. The minimum absolute atomic E-state index is 0.00842. The van der Waals surface area contributed by atoms with Crippen molar-refractivity contribution in [2.24, 2.45) is 0 Å². The number of anilines is 1. The van der Waals surface area contributed by atoms with Crippen LogP contribution in [-0.4, -0.2) is 18.5 Å². The Labute approximate surface area is 140 Å². The van der Waals surface area contributed by atoms with Crippen LogP contribution in [0.5, 0.6) is 11.5 Å². The van der Waals surface area contributed by atoms with Crippen LogP contribution in [-0.2, 0) is 16.0 Å². The van der Waals surface area contributed by atoms with Crippen LogP contribution in [0.2, 0.25) is 0 Å². The number of carbonyl (C=O) groups excluding carboxylic acids is 2. The Balaban J connectivity index is 1.60. The first-order valence-electron chi connectivity index (χ1n) is 7.84. The average molecular weight is 325 g/mol. The highest BCUT2D eigenvalue weighted by atomic mass is 16.6. The van der Waals surface area contributed by atoms with Crippen molar-refractivity contribution < 1.29 is 19.1 Å². The molecular formula is C19H19NO4. The van der Waals surface area contributed by atoms with Crippen molar-refractivity contribution in [1.29, 1.82) is 0 Å². The largest absolute Gasteiger partial charge is 0.482 e. The molecule has 0 saturated carbocycles. The molecule has 1 aliphatic rings. The summed E-state index contributed by atoms with van der Waals surface area (Å²) in [4.78, 5) is 23.3. The van der Waals surface area contributed by atoms with E-state index in [1.54, 1.807) is 18.2 Å². The maximum absolute atomic E-state index is 12.0. The summed E-state index contributed by atoms with van der Waals surface area (Å²) in [5, 5.41) is 2.79. The molecule has 0 spiro atoms. The Morgan fingerprint density at radius 2 is 1.79 bits per heavy atom. The summed E-state index contributed by atoms with van der Waals surface area (Å²) in [6.45, 7) is 3.80. The normalized spacial score (nSPS) is 13.0. The van der Waals surface area contributed by atoms with Crippen LogP contribution in [0, 0.1) is 13.8 Å². The zero-order valence-corrected chi connectivity index (χ0v) is 13.7. The summed E-state index contributed by atoms with van der Waals surface area (Å²) in [5.74, 6) is 0.652. The zero-order valence-electron chi connectivity index (χ0n) is 13.7. The molecule has 5 heteroatoms. The molecule has 0 fully saturated rings. The molecule has 0 aromatic heterocycles. The van der Waals surface area contributed by atoms with Crippen LogP contribution in [0.3, 0.4) is 0 Å². The molecule has 1 aliphatic heterocycles. The summed E-state index contributed by atoms with van der Waals surface area (Å²) in [6, 6.07) is 11.0. The monoisotopic (exact) mass is 325 g/mol. The van der Waals surface area contributed by atoms with E-state index in [1.165, 1.54) is 0 Å². The van der Waals surface area contributed by atoms with E-state index in [2.05, 4.69) is 5.32 Å². The first-order valence-corrected chi connectivity index (χ1v) is 7.84. The van der Waals surface area contributed by atoms with Gasteiger partial charge < -0.3 is 14.8 Å². The number of aryl methyl sites for hydroxylation is 3. The van der Waals surface area contributed by atoms with Gasteiger partial charge in [-0.3, -0.25) is 4.79 Å². The molecule has 0 unspecified atom stereocenters. The Morgan fingerprint density at radius 3 is 2.54 bits per heavy atom. The van der Waals surface area contributed by atoms with E-state index in [1.807, 2.05) is 32.0 Å². The summed E-state index contributed by atoms with van der Waals surface area (Å²) < 4.78 is 10.8. The third-order valence-corrected chi connectivity index (χ3v) is 3.76. The minimum atomic E-state index is -0.464. The van der Waals surface area contributed by atoms with E-state index < -0.39 is 5.97 Å². The van der Waals surface area contributed by atoms with E-state index in [-0.39, 0.29) is 12.5 Å². The van der Waals surface area contributed by atoms with Crippen LogP contribution < -0.4 is 14.8 Å². The van der Waals surface area contributed by atoms with Gasteiger partial charge in [0.25, 0.3) is 0 Å². The molecule has 5 nitrogen and oxygen atoms in total. The Morgan fingerprint density at radius 1 is 1.04 bits per heavy atom. The van der Waals surface area contributed by atoms with Gasteiger partial charge in [-0.05, 0) is 67.3 Å². The molecule has 24 heavy (non-hydrogen) atoms. The number of hydrogen-bond donors (Lipinski definition) is 1. The lowest BCUT2D eigenvalue weighted by atomic mass is 10.0. The first-order chi connectivity index (χ1) is 11.5. The number of carbonyl (C=O) groups is 2. The maximum Gasteiger partial charge on any atom is 0.349 e. The quantitative estimate of drug-likeness (QED) is 0.693. The van der Waals surface area contributed by atoms with Gasteiger partial charge in [0.1, 0.15) is 11.5 Å². The van der Waals surface area contributed by atoms with Gasteiger partial charge in [-0.15, -0.1) is 0 Å². The van der Waals surface area contributed by atoms with Crippen molar-refractivity contribution in [3.63, 3.8) is 0 Å². The van der Waals surface area contributed by atoms with Gasteiger partial charge in [0.15, 0.2) is 6.61 Å². The fraction of sp³-hybridized carbons (Fsp3) is 0.263. The molecule has 0 bridgehead atoms. The van der Waals surface area contributed by atoms with Crippen LogP contribution in [0.1, 0.15) is 23.1 Å². The van der Waals surface area contributed by atoms with E-state index >= 15 is 0 Å². The molecule has 124 valence electrons. The predicted octanol–water partition coefficient (Wildman–Crippen LogP) is 3.17. The minimum Gasteiger partial charge on any atom is -0.482 e. The van der Waals surface area contributed by atoms with Crippen molar-refractivity contribution >= 4 is 17.6 Å². The molecule has 1 N–H and O–H groups in total. The summed E-state index contributed by atoms with van der Waals surface area (Å²) in [7, 11) is 0.